The Morgan fingerprint density at radius 1 is 1.46 bits per heavy atom. The van der Waals surface area contributed by atoms with Crippen LogP contribution in [0.25, 0.3) is 0 Å². The molecule has 0 aliphatic rings. The second-order valence-electron chi connectivity index (χ2n) is 2.46. The van der Waals surface area contributed by atoms with Crippen LogP contribution in [0.15, 0.2) is 17.1 Å². The second-order valence-corrected chi connectivity index (χ2v) is 2.46. The van der Waals surface area contributed by atoms with Gasteiger partial charge in [-0.05, 0) is 6.08 Å². The number of hydrogen-bond donors (Lipinski definition) is 2. The van der Waals surface area contributed by atoms with Crippen molar-refractivity contribution in [3.8, 4) is 0 Å². The number of amidine groups is 1. The number of nitrogens with one attached hydrogen (secondary N) is 2. The molecule has 0 aromatic rings. The number of rotatable bonds is 3. The molecule has 0 radical (unpaired) electrons. The highest BCUT2D eigenvalue weighted by Gasteiger charge is 1.96. The zero-order chi connectivity index (χ0) is 10.3. The second kappa shape index (κ2) is 5.93. The Morgan fingerprint density at radius 3 is 2.46 bits per heavy atom. The van der Waals surface area contributed by atoms with Crippen LogP contribution in [0.1, 0.15) is 0 Å². The summed E-state index contributed by atoms with van der Waals surface area (Å²) >= 11 is 0. The summed E-state index contributed by atoms with van der Waals surface area (Å²) in [5.74, 6) is 0.359. The standard InChI is InChI=1S/C8H14N4O/c1-10-7(11-6-9)4-5-8(13)12(2)3/h4-6H,1-3H3,(H2,9,10,11)/b5-4+. The molecule has 0 spiro atoms. The average molecular weight is 182 g/mol. The topological polar surface area (TPSA) is 68.6 Å². The minimum atomic E-state index is -0.118. The lowest BCUT2D eigenvalue weighted by Gasteiger charge is -2.05. The Kier molecular flexibility index (Phi) is 5.18. The molecule has 0 aliphatic carbocycles. The van der Waals surface area contributed by atoms with Crippen molar-refractivity contribution in [2.24, 2.45) is 4.99 Å². The van der Waals surface area contributed by atoms with Crippen molar-refractivity contribution >= 4 is 18.1 Å². The van der Waals surface area contributed by atoms with E-state index in [0.717, 1.165) is 6.34 Å². The Balaban J connectivity index is 4.31. The molecule has 1 amide bonds. The van der Waals surface area contributed by atoms with Gasteiger partial charge in [-0.3, -0.25) is 10.2 Å². The summed E-state index contributed by atoms with van der Waals surface area (Å²) in [5, 5.41) is 9.46. The fourth-order valence-electron chi connectivity index (χ4n) is 0.560. The summed E-state index contributed by atoms with van der Waals surface area (Å²) < 4.78 is 0. The SMILES string of the molecule is CNC(/C=C/C(=O)N(C)C)=N/C=N. The van der Waals surface area contributed by atoms with Crippen LogP contribution in [-0.2, 0) is 4.79 Å². The fraction of sp³-hybridized carbons (Fsp3) is 0.375. The first kappa shape index (κ1) is 11.4. The van der Waals surface area contributed by atoms with E-state index in [0.29, 0.717) is 5.84 Å². The number of aliphatic imine (C=N–C) groups is 1. The molecule has 0 atom stereocenters. The molecular formula is C8H14N4O. The number of carbonyl (C=O) groups excluding carboxylic acids is 1. The van der Waals surface area contributed by atoms with E-state index in [9.17, 15) is 4.79 Å². The lowest BCUT2D eigenvalue weighted by atomic mass is 10.4. The van der Waals surface area contributed by atoms with Crippen LogP contribution in [0.4, 0.5) is 0 Å². The normalized spacial score (nSPS) is 11.5. The highest BCUT2D eigenvalue weighted by molar-refractivity contribution is 6.01. The molecule has 0 bridgehead atoms. The summed E-state index contributed by atoms with van der Waals surface area (Å²) in [4.78, 5) is 16.2. The number of amides is 1. The number of hydrogen-bond acceptors (Lipinski definition) is 2. The van der Waals surface area contributed by atoms with E-state index in [4.69, 9.17) is 5.41 Å². The van der Waals surface area contributed by atoms with Gasteiger partial charge in [-0.15, -0.1) is 0 Å². The van der Waals surface area contributed by atoms with E-state index in [1.807, 2.05) is 0 Å². The molecule has 0 unspecified atom stereocenters. The van der Waals surface area contributed by atoms with Gasteiger partial charge < -0.3 is 10.2 Å². The van der Waals surface area contributed by atoms with Crippen LogP contribution in [0.5, 0.6) is 0 Å². The third-order valence-electron chi connectivity index (χ3n) is 1.28. The first-order valence-electron chi connectivity index (χ1n) is 3.75. The molecular weight excluding hydrogens is 168 g/mol. The van der Waals surface area contributed by atoms with Gasteiger partial charge in [-0.25, -0.2) is 4.99 Å². The molecule has 0 rings (SSSR count). The maximum Gasteiger partial charge on any atom is 0.246 e. The summed E-state index contributed by atoms with van der Waals surface area (Å²) in [6.45, 7) is 0. The summed E-state index contributed by atoms with van der Waals surface area (Å²) in [7, 11) is 5.01. The minimum absolute atomic E-state index is 0.118. The van der Waals surface area contributed by atoms with Gasteiger partial charge >= 0.3 is 0 Å². The first-order chi connectivity index (χ1) is 6.11. The Labute approximate surface area is 77.7 Å². The first-order valence-corrected chi connectivity index (χ1v) is 3.75. The van der Waals surface area contributed by atoms with E-state index in [-0.39, 0.29) is 5.91 Å². The van der Waals surface area contributed by atoms with Crippen molar-refractivity contribution in [3.05, 3.63) is 12.2 Å². The summed E-state index contributed by atoms with van der Waals surface area (Å²) in [6, 6.07) is 0. The van der Waals surface area contributed by atoms with Crippen molar-refractivity contribution in [2.75, 3.05) is 21.1 Å². The highest BCUT2D eigenvalue weighted by atomic mass is 16.2. The summed E-state index contributed by atoms with van der Waals surface area (Å²) in [5.41, 5.74) is 0. The van der Waals surface area contributed by atoms with E-state index in [1.165, 1.54) is 17.1 Å². The summed E-state index contributed by atoms with van der Waals surface area (Å²) in [6.07, 6.45) is 3.82. The lowest BCUT2D eigenvalue weighted by Crippen LogP contribution is -2.21. The molecule has 0 aromatic carbocycles. The van der Waals surface area contributed by atoms with Crippen LogP contribution < -0.4 is 5.32 Å². The van der Waals surface area contributed by atoms with Crippen molar-refractivity contribution in [1.29, 1.82) is 5.41 Å². The van der Waals surface area contributed by atoms with Gasteiger partial charge in [0.1, 0.15) is 12.2 Å². The largest absolute Gasteiger partial charge is 0.373 e. The van der Waals surface area contributed by atoms with E-state index in [1.54, 1.807) is 21.1 Å². The predicted molar refractivity (Wildman–Crippen MR) is 53.1 cm³/mol. The maximum atomic E-state index is 11.1. The number of likely N-dealkylation sites (N-methyl/N-ethyl adjacent to an activating group) is 2. The molecule has 0 saturated carbocycles. The monoisotopic (exact) mass is 182 g/mol. The van der Waals surface area contributed by atoms with Crippen LogP contribution in [0, 0.1) is 5.41 Å². The predicted octanol–water partition coefficient (Wildman–Crippen LogP) is -0.144. The molecule has 72 valence electrons. The third kappa shape index (κ3) is 4.73. The van der Waals surface area contributed by atoms with Crippen molar-refractivity contribution in [2.45, 2.75) is 0 Å². The maximum absolute atomic E-state index is 11.1. The Hall–Kier alpha value is -1.65. The third-order valence-corrected chi connectivity index (χ3v) is 1.28. The molecule has 0 aromatic heterocycles. The van der Waals surface area contributed by atoms with Gasteiger partial charge in [0.05, 0.1) is 0 Å². The van der Waals surface area contributed by atoms with Crippen LogP contribution in [0.3, 0.4) is 0 Å². The van der Waals surface area contributed by atoms with Gasteiger partial charge in [-0.2, -0.15) is 0 Å². The van der Waals surface area contributed by atoms with Crippen molar-refractivity contribution in [1.82, 2.24) is 10.2 Å². The molecule has 13 heavy (non-hydrogen) atoms. The molecule has 0 saturated heterocycles. The molecule has 5 heteroatoms. The minimum Gasteiger partial charge on any atom is -0.373 e. The van der Waals surface area contributed by atoms with Gasteiger partial charge in [0, 0.05) is 27.2 Å². The Bertz CT molecular complexity index is 243. The number of carbonyl (C=O) groups is 1. The lowest BCUT2D eigenvalue weighted by molar-refractivity contribution is -0.123. The zero-order valence-corrected chi connectivity index (χ0v) is 8.03. The molecule has 2 N–H and O–H groups in total. The van der Waals surface area contributed by atoms with E-state index in [2.05, 4.69) is 10.3 Å². The highest BCUT2D eigenvalue weighted by Crippen LogP contribution is 1.83. The van der Waals surface area contributed by atoms with Crippen LogP contribution >= 0.6 is 0 Å². The van der Waals surface area contributed by atoms with Crippen LogP contribution in [0.2, 0.25) is 0 Å². The van der Waals surface area contributed by atoms with Crippen molar-refractivity contribution < 1.29 is 4.79 Å². The zero-order valence-electron chi connectivity index (χ0n) is 8.03. The van der Waals surface area contributed by atoms with Gasteiger partial charge in [0.25, 0.3) is 0 Å². The molecule has 0 aliphatic heterocycles. The van der Waals surface area contributed by atoms with Gasteiger partial charge in [0.15, 0.2) is 0 Å². The fourth-order valence-corrected chi connectivity index (χ4v) is 0.560. The van der Waals surface area contributed by atoms with E-state index < -0.39 is 0 Å². The molecule has 0 fully saturated rings. The van der Waals surface area contributed by atoms with Gasteiger partial charge in [-0.1, -0.05) is 0 Å². The smallest absolute Gasteiger partial charge is 0.246 e. The quantitative estimate of drug-likeness (QED) is 0.362. The average Bonchev–Trinajstić information content (AvgIpc) is 2.11. The molecule has 0 heterocycles. The van der Waals surface area contributed by atoms with Gasteiger partial charge in [0.2, 0.25) is 5.91 Å². The molecule has 5 nitrogen and oxygen atoms in total. The number of nitrogens with zero attached hydrogens (tertiary/aromatic N) is 2. The van der Waals surface area contributed by atoms with E-state index >= 15 is 0 Å². The Morgan fingerprint density at radius 2 is 2.08 bits per heavy atom. The van der Waals surface area contributed by atoms with Crippen LogP contribution in [-0.4, -0.2) is 44.1 Å². The van der Waals surface area contributed by atoms with Crippen molar-refractivity contribution in [3.63, 3.8) is 0 Å².